The molecule has 2 aromatic rings. The van der Waals surface area contributed by atoms with Crippen molar-refractivity contribution >= 4 is 23.4 Å². The number of hydrogen-bond acceptors (Lipinski definition) is 7. The van der Waals surface area contributed by atoms with Gasteiger partial charge in [-0.05, 0) is 55.1 Å². The van der Waals surface area contributed by atoms with Crippen molar-refractivity contribution in [1.82, 2.24) is 9.97 Å². The lowest BCUT2D eigenvalue weighted by Gasteiger charge is -2.63. The summed E-state index contributed by atoms with van der Waals surface area (Å²) >= 11 is 6.26. The van der Waals surface area contributed by atoms with Gasteiger partial charge < -0.3 is 20.1 Å². The van der Waals surface area contributed by atoms with Gasteiger partial charge in [0.15, 0.2) is 5.79 Å². The summed E-state index contributed by atoms with van der Waals surface area (Å²) in [5.41, 5.74) is 1.64. The molecular formula is C25H28ClN5O2. The Hall–Kier alpha value is -2.40. The van der Waals surface area contributed by atoms with Crippen LogP contribution in [0.4, 0.5) is 11.8 Å². The van der Waals surface area contributed by atoms with E-state index in [1.54, 1.807) is 6.20 Å². The van der Waals surface area contributed by atoms with Crippen LogP contribution in [0.5, 0.6) is 0 Å². The monoisotopic (exact) mass is 465 g/mol. The second-order valence-corrected chi connectivity index (χ2v) is 10.5. The highest BCUT2D eigenvalue weighted by molar-refractivity contribution is 6.31. The predicted octanol–water partition coefficient (Wildman–Crippen LogP) is 4.60. The zero-order chi connectivity index (χ0) is 22.5. The molecule has 2 heterocycles. The fourth-order valence-electron chi connectivity index (χ4n) is 6.99. The molecule has 172 valence electrons. The Kier molecular flexibility index (Phi) is 5.21. The molecule has 0 radical (unpaired) electrons. The van der Waals surface area contributed by atoms with E-state index in [1.165, 1.54) is 19.3 Å². The number of nitrogens with zero attached hydrogens (tertiary/aromatic N) is 3. The van der Waals surface area contributed by atoms with Gasteiger partial charge in [-0.25, -0.2) is 4.98 Å². The Morgan fingerprint density at radius 3 is 2.58 bits per heavy atom. The Balaban J connectivity index is 1.17. The summed E-state index contributed by atoms with van der Waals surface area (Å²) in [6, 6.07) is 9.92. The Labute approximate surface area is 198 Å². The number of hydrogen-bond donors (Lipinski definition) is 2. The normalized spacial score (nSPS) is 31.0. The fraction of sp³-hybridized carbons (Fsp3) is 0.560. The highest BCUT2D eigenvalue weighted by atomic mass is 35.5. The molecule has 33 heavy (non-hydrogen) atoms. The summed E-state index contributed by atoms with van der Waals surface area (Å²) in [6.07, 6.45) is 7.46. The van der Waals surface area contributed by atoms with Crippen LogP contribution in [0.3, 0.4) is 0 Å². The number of halogens is 1. The lowest BCUT2D eigenvalue weighted by atomic mass is 9.47. The molecule has 4 bridgehead atoms. The van der Waals surface area contributed by atoms with Crippen molar-refractivity contribution in [2.24, 2.45) is 23.2 Å². The van der Waals surface area contributed by atoms with Gasteiger partial charge in [0, 0.05) is 29.9 Å². The van der Waals surface area contributed by atoms with Gasteiger partial charge >= 0.3 is 0 Å². The van der Waals surface area contributed by atoms with E-state index in [0.717, 1.165) is 44.1 Å². The largest absolute Gasteiger partial charge is 0.368 e. The molecule has 5 fully saturated rings. The minimum absolute atomic E-state index is 0.208. The molecule has 5 aliphatic rings. The minimum atomic E-state index is -0.330. The molecule has 0 amide bonds. The lowest BCUT2D eigenvalue weighted by Crippen LogP contribution is -2.62. The molecule has 2 N–H and O–H groups in total. The Bertz CT molecular complexity index is 1080. The first-order valence-electron chi connectivity index (χ1n) is 11.9. The van der Waals surface area contributed by atoms with Gasteiger partial charge in [-0.15, -0.1) is 0 Å². The fourth-order valence-corrected chi connectivity index (χ4v) is 7.19. The number of benzene rings is 1. The maximum Gasteiger partial charge on any atom is 0.224 e. The summed E-state index contributed by atoms with van der Waals surface area (Å²) in [7, 11) is 0. The van der Waals surface area contributed by atoms with E-state index >= 15 is 0 Å². The molecule has 1 unspecified atom stereocenters. The van der Waals surface area contributed by atoms with Crippen molar-refractivity contribution < 1.29 is 9.47 Å². The van der Waals surface area contributed by atoms with Crippen LogP contribution in [0.2, 0.25) is 5.02 Å². The van der Waals surface area contributed by atoms with Crippen LogP contribution in [0, 0.1) is 34.5 Å². The molecule has 7 nitrogen and oxygen atoms in total. The highest BCUT2D eigenvalue weighted by Crippen LogP contribution is 2.65. The van der Waals surface area contributed by atoms with Crippen LogP contribution in [0.1, 0.15) is 43.2 Å². The van der Waals surface area contributed by atoms with Gasteiger partial charge in [0.1, 0.15) is 17.5 Å². The van der Waals surface area contributed by atoms with Gasteiger partial charge in [0.05, 0.1) is 19.4 Å². The Morgan fingerprint density at radius 2 is 1.85 bits per heavy atom. The molecule has 4 saturated carbocycles. The van der Waals surface area contributed by atoms with Crippen LogP contribution < -0.4 is 10.6 Å². The van der Waals surface area contributed by atoms with Crippen molar-refractivity contribution in [3.05, 3.63) is 46.6 Å². The third kappa shape index (κ3) is 3.65. The summed E-state index contributed by atoms with van der Waals surface area (Å²) in [5.74, 6) is 2.43. The first kappa shape index (κ1) is 21.2. The summed E-state index contributed by atoms with van der Waals surface area (Å²) in [6.45, 7) is 2.77. The molecule has 8 heteroatoms. The maximum atomic E-state index is 9.61. The molecule has 1 saturated heterocycles. The van der Waals surface area contributed by atoms with Crippen LogP contribution in [0.15, 0.2) is 30.5 Å². The smallest absolute Gasteiger partial charge is 0.224 e. The van der Waals surface area contributed by atoms with Crippen molar-refractivity contribution in [2.45, 2.75) is 44.4 Å². The molecule has 1 aromatic heterocycles. The number of nitrogens with one attached hydrogen (secondary N) is 2. The molecule has 1 aliphatic heterocycles. The first-order valence-corrected chi connectivity index (χ1v) is 12.2. The molecule has 4 aliphatic carbocycles. The van der Waals surface area contributed by atoms with Crippen molar-refractivity contribution in [2.75, 3.05) is 30.4 Å². The van der Waals surface area contributed by atoms with Crippen LogP contribution in [-0.2, 0) is 16.0 Å². The van der Waals surface area contributed by atoms with Gasteiger partial charge in [-0.1, -0.05) is 29.8 Å². The average Bonchev–Trinajstić information content (AvgIpc) is 3.31. The predicted molar refractivity (Wildman–Crippen MR) is 125 cm³/mol. The zero-order valence-corrected chi connectivity index (χ0v) is 19.3. The average molecular weight is 466 g/mol. The second kappa shape index (κ2) is 8.12. The van der Waals surface area contributed by atoms with E-state index in [4.69, 9.17) is 21.1 Å². The van der Waals surface area contributed by atoms with Crippen molar-refractivity contribution in [1.29, 1.82) is 5.26 Å². The first-order chi connectivity index (χ1) is 16.1. The van der Waals surface area contributed by atoms with Gasteiger partial charge in [-0.2, -0.15) is 10.2 Å². The maximum absolute atomic E-state index is 9.61. The summed E-state index contributed by atoms with van der Waals surface area (Å²) in [4.78, 5) is 8.94. The molecular weight excluding hydrogens is 438 g/mol. The molecule has 7 rings (SSSR count). The summed E-state index contributed by atoms with van der Waals surface area (Å²) in [5, 5.41) is 17.1. The van der Waals surface area contributed by atoms with Gasteiger partial charge in [0.25, 0.3) is 0 Å². The van der Waals surface area contributed by atoms with Gasteiger partial charge in [-0.3, -0.25) is 0 Å². The third-order valence-corrected chi connectivity index (χ3v) is 8.50. The van der Waals surface area contributed by atoms with E-state index in [0.29, 0.717) is 40.7 Å². The highest BCUT2D eigenvalue weighted by Gasteiger charge is 2.64. The molecule has 1 aromatic carbocycles. The molecule has 4 atom stereocenters. The third-order valence-electron chi connectivity index (χ3n) is 8.13. The van der Waals surface area contributed by atoms with Crippen molar-refractivity contribution in [3.63, 3.8) is 0 Å². The van der Waals surface area contributed by atoms with E-state index in [1.807, 2.05) is 24.3 Å². The topological polar surface area (TPSA) is 92.1 Å². The number of rotatable bonds is 6. The SMILES string of the molecule is N#Cc1cnc(NCc2ccccc2Cl)nc1NC[C@]12CC3C[C@H](C1)C1(OCCO1)[C@@H](C3)C2. The standard InChI is InChI=1S/C25H28ClN5O2/c26-21-4-2-1-3-17(21)13-28-23-29-14-18(12-27)22(31-23)30-15-24-9-16-7-19(10-24)25(20(8-16)11-24)32-5-6-33-25/h1-4,14,16,19-20H,5-11,13,15H2,(H2,28,29,30,31)/t16?,19-,20+,24-. The van der Waals surface area contributed by atoms with Gasteiger partial charge in [0.2, 0.25) is 5.95 Å². The number of aromatic nitrogens is 2. The van der Waals surface area contributed by atoms with E-state index in [9.17, 15) is 5.26 Å². The number of nitriles is 1. The van der Waals surface area contributed by atoms with Crippen LogP contribution in [-0.4, -0.2) is 35.5 Å². The molecule has 1 spiro atoms. The zero-order valence-electron chi connectivity index (χ0n) is 18.5. The second-order valence-electron chi connectivity index (χ2n) is 10.1. The van der Waals surface area contributed by atoms with Crippen LogP contribution in [0.25, 0.3) is 0 Å². The summed E-state index contributed by atoms with van der Waals surface area (Å²) < 4.78 is 12.5. The van der Waals surface area contributed by atoms with E-state index in [-0.39, 0.29) is 11.2 Å². The Morgan fingerprint density at radius 1 is 1.09 bits per heavy atom. The van der Waals surface area contributed by atoms with Crippen molar-refractivity contribution in [3.8, 4) is 6.07 Å². The van der Waals surface area contributed by atoms with E-state index < -0.39 is 0 Å². The lowest BCUT2D eigenvalue weighted by molar-refractivity contribution is -0.301. The number of ether oxygens (including phenoxy) is 2. The van der Waals surface area contributed by atoms with E-state index in [2.05, 4.69) is 26.7 Å². The van der Waals surface area contributed by atoms with Crippen LogP contribution >= 0.6 is 11.6 Å². The quantitative estimate of drug-likeness (QED) is 0.644. The minimum Gasteiger partial charge on any atom is -0.368 e. The number of anilines is 2.